The van der Waals surface area contributed by atoms with E-state index in [4.69, 9.17) is 0 Å². The Morgan fingerprint density at radius 1 is 0.739 bits per heavy atom. The molecule has 2 rings (SSSR count). The molecule has 0 atom stereocenters. The van der Waals surface area contributed by atoms with E-state index in [0.717, 1.165) is 5.52 Å². The van der Waals surface area contributed by atoms with Gasteiger partial charge in [0.25, 0.3) is 0 Å². The zero-order valence-electron chi connectivity index (χ0n) is 15.3. The van der Waals surface area contributed by atoms with Crippen LogP contribution in [0.15, 0.2) is 42.6 Å². The molecule has 0 saturated carbocycles. The minimum Gasteiger partial charge on any atom is -0.303 e. The number of rotatable bonds is 9. The third-order valence-corrected chi connectivity index (χ3v) is 4.00. The standard InChI is InChI=1S/C12H27N.C9H7N/c1-4-7-10-13(11-8-5-2)12-9-6-3;1-2-6-9-8(4-1)5-3-7-10-9/h4-12H2,1-3H3;1-7H. The minimum atomic E-state index is 1.06. The molecule has 2 aromatic rings. The Morgan fingerprint density at radius 2 is 1.26 bits per heavy atom. The SMILES string of the molecule is CCCCN(CCCC)CCCC.c1ccc2ncccc2c1. The van der Waals surface area contributed by atoms with Crippen molar-refractivity contribution in [3.63, 3.8) is 0 Å². The fourth-order valence-corrected chi connectivity index (χ4v) is 2.50. The van der Waals surface area contributed by atoms with Crippen LogP contribution in [-0.2, 0) is 0 Å². The Labute approximate surface area is 142 Å². The number of nitrogens with zero attached hydrogens (tertiary/aromatic N) is 2. The maximum Gasteiger partial charge on any atom is 0.0701 e. The van der Waals surface area contributed by atoms with Gasteiger partial charge in [-0.1, -0.05) is 64.3 Å². The van der Waals surface area contributed by atoms with Crippen molar-refractivity contribution >= 4 is 10.9 Å². The fourth-order valence-electron chi connectivity index (χ4n) is 2.50. The number of hydrogen-bond acceptors (Lipinski definition) is 2. The highest BCUT2D eigenvalue weighted by Gasteiger charge is 2.01. The normalized spacial score (nSPS) is 10.6. The van der Waals surface area contributed by atoms with Gasteiger partial charge in [0, 0.05) is 11.6 Å². The lowest BCUT2D eigenvalue weighted by atomic mass is 10.2. The van der Waals surface area contributed by atoms with E-state index in [1.807, 2.05) is 30.5 Å². The Morgan fingerprint density at radius 3 is 1.78 bits per heavy atom. The lowest BCUT2D eigenvalue weighted by Gasteiger charge is -2.21. The van der Waals surface area contributed by atoms with E-state index in [0.29, 0.717) is 0 Å². The van der Waals surface area contributed by atoms with Crippen LogP contribution >= 0.6 is 0 Å². The van der Waals surface area contributed by atoms with Crippen molar-refractivity contribution in [1.29, 1.82) is 0 Å². The van der Waals surface area contributed by atoms with Crippen LogP contribution in [0.4, 0.5) is 0 Å². The summed E-state index contributed by atoms with van der Waals surface area (Å²) >= 11 is 0. The zero-order valence-corrected chi connectivity index (χ0v) is 15.3. The molecule has 0 N–H and O–H groups in total. The maximum absolute atomic E-state index is 4.18. The summed E-state index contributed by atoms with van der Waals surface area (Å²) in [6.45, 7) is 10.8. The van der Waals surface area contributed by atoms with Crippen molar-refractivity contribution in [2.75, 3.05) is 19.6 Å². The molecule has 0 unspecified atom stereocenters. The average Bonchev–Trinajstić information content (AvgIpc) is 2.62. The predicted molar refractivity (Wildman–Crippen MR) is 103 cm³/mol. The Hall–Kier alpha value is -1.41. The van der Waals surface area contributed by atoms with Gasteiger partial charge in [-0.3, -0.25) is 4.98 Å². The average molecular weight is 315 g/mol. The lowest BCUT2D eigenvalue weighted by molar-refractivity contribution is 0.261. The lowest BCUT2D eigenvalue weighted by Crippen LogP contribution is -2.27. The van der Waals surface area contributed by atoms with Crippen LogP contribution < -0.4 is 0 Å². The van der Waals surface area contributed by atoms with E-state index in [9.17, 15) is 0 Å². The number of pyridine rings is 1. The molecule has 0 saturated heterocycles. The van der Waals surface area contributed by atoms with Gasteiger partial charge >= 0.3 is 0 Å². The predicted octanol–water partition coefficient (Wildman–Crippen LogP) is 5.92. The fraction of sp³-hybridized carbons (Fsp3) is 0.571. The van der Waals surface area contributed by atoms with E-state index >= 15 is 0 Å². The maximum atomic E-state index is 4.18. The summed E-state index contributed by atoms with van der Waals surface area (Å²) in [6.07, 6.45) is 9.90. The van der Waals surface area contributed by atoms with Gasteiger partial charge in [-0.05, 0) is 51.0 Å². The van der Waals surface area contributed by atoms with Crippen LogP contribution in [0.5, 0.6) is 0 Å². The molecule has 1 aromatic carbocycles. The van der Waals surface area contributed by atoms with Gasteiger partial charge in [0.1, 0.15) is 0 Å². The number of hydrogen-bond donors (Lipinski definition) is 0. The van der Waals surface area contributed by atoms with Gasteiger partial charge in [-0.15, -0.1) is 0 Å². The van der Waals surface area contributed by atoms with Gasteiger partial charge in [-0.2, -0.15) is 0 Å². The first-order valence-electron chi connectivity index (χ1n) is 9.33. The molecule has 1 heterocycles. The Bertz CT molecular complexity index is 425. The first kappa shape index (κ1) is 19.6. The van der Waals surface area contributed by atoms with Gasteiger partial charge in [-0.25, -0.2) is 0 Å². The molecular formula is C21H34N2. The zero-order chi connectivity index (χ0) is 16.8. The molecule has 0 fully saturated rings. The van der Waals surface area contributed by atoms with Gasteiger partial charge in [0.05, 0.1) is 5.52 Å². The first-order valence-corrected chi connectivity index (χ1v) is 9.33. The topological polar surface area (TPSA) is 16.1 Å². The minimum absolute atomic E-state index is 1.06. The molecule has 0 aliphatic carbocycles. The number of benzene rings is 1. The third kappa shape index (κ3) is 8.71. The largest absolute Gasteiger partial charge is 0.303 e. The number of unbranched alkanes of at least 4 members (excludes halogenated alkanes) is 3. The summed E-state index contributed by atoms with van der Waals surface area (Å²) < 4.78 is 0. The molecule has 128 valence electrons. The second-order valence-corrected chi connectivity index (χ2v) is 6.10. The van der Waals surface area contributed by atoms with Gasteiger partial charge in [0.15, 0.2) is 0 Å². The van der Waals surface area contributed by atoms with E-state index < -0.39 is 0 Å². The number of aromatic nitrogens is 1. The molecule has 1 aromatic heterocycles. The quantitative estimate of drug-likeness (QED) is 0.571. The van der Waals surface area contributed by atoms with Crippen LogP contribution in [-0.4, -0.2) is 29.5 Å². The van der Waals surface area contributed by atoms with Crippen LogP contribution in [0, 0.1) is 0 Å². The molecule has 0 bridgehead atoms. The summed E-state index contributed by atoms with van der Waals surface area (Å²) in [6, 6.07) is 12.1. The van der Waals surface area contributed by atoms with Crippen LogP contribution in [0.25, 0.3) is 10.9 Å². The first-order chi connectivity index (χ1) is 11.3. The second kappa shape index (κ2) is 13.1. The van der Waals surface area contributed by atoms with E-state index in [2.05, 4.69) is 42.8 Å². The van der Waals surface area contributed by atoms with Crippen LogP contribution in [0.3, 0.4) is 0 Å². The highest BCUT2D eigenvalue weighted by Crippen LogP contribution is 2.08. The Balaban J connectivity index is 0.000000235. The van der Waals surface area contributed by atoms with Crippen LogP contribution in [0.1, 0.15) is 59.3 Å². The van der Waals surface area contributed by atoms with Gasteiger partial charge in [0.2, 0.25) is 0 Å². The molecule has 0 aliphatic rings. The summed E-state index contributed by atoms with van der Waals surface area (Å²) in [7, 11) is 0. The van der Waals surface area contributed by atoms with Crippen molar-refractivity contribution in [2.24, 2.45) is 0 Å². The summed E-state index contributed by atoms with van der Waals surface area (Å²) in [4.78, 5) is 6.82. The summed E-state index contributed by atoms with van der Waals surface area (Å²) in [5.74, 6) is 0. The summed E-state index contributed by atoms with van der Waals surface area (Å²) in [5.41, 5.74) is 1.06. The Kier molecular flexibility index (Phi) is 11.2. The van der Waals surface area contributed by atoms with Crippen molar-refractivity contribution in [1.82, 2.24) is 9.88 Å². The molecule has 23 heavy (non-hydrogen) atoms. The molecule has 0 spiro atoms. The highest BCUT2D eigenvalue weighted by atomic mass is 15.1. The highest BCUT2D eigenvalue weighted by molar-refractivity contribution is 5.77. The second-order valence-electron chi connectivity index (χ2n) is 6.10. The van der Waals surface area contributed by atoms with Crippen molar-refractivity contribution < 1.29 is 0 Å². The molecule has 0 amide bonds. The van der Waals surface area contributed by atoms with Gasteiger partial charge < -0.3 is 4.90 Å². The van der Waals surface area contributed by atoms with Crippen molar-refractivity contribution in [3.8, 4) is 0 Å². The monoisotopic (exact) mass is 314 g/mol. The smallest absolute Gasteiger partial charge is 0.0701 e. The van der Waals surface area contributed by atoms with Crippen molar-refractivity contribution in [3.05, 3.63) is 42.6 Å². The molecule has 0 aliphatic heterocycles. The number of fused-ring (bicyclic) bond motifs is 1. The molecule has 0 radical (unpaired) electrons. The van der Waals surface area contributed by atoms with Crippen LogP contribution in [0.2, 0.25) is 0 Å². The van der Waals surface area contributed by atoms with E-state index in [1.165, 1.54) is 63.5 Å². The number of para-hydroxylation sites is 1. The molecular weight excluding hydrogens is 280 g/mol. The third-order valence-electron chi connectivity index (χ3n) is 4.00. The van der Waals surface area contributed by atoms with E-state index in [-0.39, 0.29) is 0 Å². The molecule has 2 heteroatoms. The van der Waals surface area contributed by atoms with Crippen molar-refractivity contribution in [2.45, 2.75) is 59.3 Å². The summed E-state index contributed by atoms with van der Waals surface area (Å²) in [5, 5.41) is 1.20. The molecule has 2 nitrogen and oxygen atoms in total. The van der Waals surface area contributed by atoms with E-state index in [1.54, 1.807) is 0 Å².